The van der Waals surface area contributed by atoms with Gasteiger partial charge < -0.3 is 26.2 Å². The van der Waals surface area contributed by atoms with Crippen LogP contribution in [0, 0.1) is 29.1 Å². The SMILES string of the molecule is C=C(F)CNC(=O)C(=O)C(CCC)NC(=O)[C@@H]1C[C@@H](C(C)C)CN1C(=O)[C@@H](NC(=O)N[C@H](C(=O)C(C)C)C(C)C)C(C)(C)C. The van der Waals surface area contributed by atoms with Gasteiger partial charge in [-0.15, -0.1) is 0 Å². The second-order valence-corrected chi connectivity index (χ2v) is 13.9. The van der Waals surface area contributed by atoms with Crippen LogP contribution in [0.25, 0.3) is 0 Å². The van der Waals surface area contributed by atoms with E-state index in [1.165, 1.54) is 4.90 Å². The smallest absolute Gasteiger partial charge is 0.316 e. The van der Waals surface area contributed by atoms with Gasteiger partial charge >= 0.3 is 6.03 Å². The molecule has 0 radical (unpaired) electrons. The Labute approximate surface area is 261 Å². The highest BCUT2D eigenvalue weighted by molar-refractivity contribution is 6.38. The number of halogens is 1. The van der Waals surface area contributed by atoms with Gasteiger partial charge in [-0.3, -0.25) is 24.0 Å². The first-order valence-electron chi connectivity index (χ1n) is 15.6. The fourth-order valence-electron chi connectivity index (χ4n) is 5.14. The van der Waals surface area contributed by atoms with E-state index in [9.17, 15) is 33.2 Å². The number of nitrogens with zero attached hydrogens (tertiary/aromatic N) is 1. The number of urea groups is 1. The summed E-state index contributed by atoms with van der Waals surface area (Å²) in [7, 11) is 0. The lowest BCUT2D eigenvalue weighted by atomic mass is 9.85. The number of carbonyl (C=O) groups excluding carboxylic acids is 6. The van der Waals surface area contributed by atoms with E-state index in [0.717, 1.165) is 0 Å². The molecular formula is C32H54FN5O6. The zero-order valence-electron chi connectivity index (χ0n) is 28.1. The maximum Gasteiger partial charge on any atom is 0.316 e. The van der Waals surface area contributed by atoms with Crippen molar-refractivity contribution < 1.29 is 33.2 Å². The number of amides is 5. The summed E-state index contributed by atoms with van der Waals surface area (Å²) >= 11 is 0. The Balaban J connectivity index is 3.29. The van der Waals surface area contributed by atoms with Crippen molar-refractivity contribution in [2.75, 3.05) is 13.1 Å². The molecule has 5 atom stereocenters. The molecule has 0 aromatic heterocycles. The summed E-state index contributed by atoms with van der Waals surface area (Å²) in [5.74, 6) is -4.31. The first-order valence-corrected chi connectivity index (χ1v) is 15.6. The fraction of sp³-hybridized carbons (Fsp3) is 0.750. The first-order chi connectivity index (χ1) is 20.2. The zero-order chi connectivity index (χ0) is 34.1. The number of likely N-dealkylation sites (tertiary alicyclic amines) is 1. The van der Waals surface area contributed by atoms with Gasteiger partial charge in [0.25, 0.3) is 5.91 Å². The van der Waals surface area contributed by atoms with Gasteiger partial charge in [0.2, 0.25) is 17.6 Å². The number of carbonyl (C=O) groups is 6. The molecular weight excluding hydrogens is 569 g/mol. The average Bonchev–Trinajstić information content (AvgIpc) is 3.37. The minimum Gasteiger partial charge on any atom is -0.344 e. The Kier molecular flexibility index (Phi) is 14.7. The Morgan fingerprint density at radius 2 is 1.55 bits per heavy atom. The molecule has 1 fully saturated rings. The van der Waals surface area contributed by atoms with Crippen LogP contribution in [0.3, 0.4) is 0 Å². The van der Waals surface area contributed by atoms with Crippen molar-refractivity contribution in [2.45, 2.75) is 113 Å². The van der Waals surface area contributed by atoms with Crippen LogP contribution in [0.2, 0.25) is 0 Å². The van der Waals surface area contributed by atoms with Crippen molar-refractivity contribution in [2.24, 2.45) is 29.1 Å². The third kappa shape index (κ3) is 11.0. The van der Waals surface area contributed by atoms with E-state index in [1.54, 1.807) is 41.5 Å². The molecule has 5 amide bonds. The van der Waals surface area contributed by atoms with Gasteiger partial charge in [-0.05, 0) is 36.0 Å². The molecule has 12 heteroatoms. The third-order valence-corrected chi connectivity index (χ3v) is 7.95. The largest absolute Gasteiger partial charge is 0.344 e. The maximum atomic E-state index is 14.1. The summed E-state index contributed by atoms with van der Waals surface area (Å²) in [5.41, 5.74) is -0.764. The summed E-state index contributed by atoms with van der Waals surface area (Å²) in [6.07, 6.45) is 0.975. The standard InChI is InChI=1S/C32H54FN5O6/c1-12-13-22(26(40)29(42)34-15-20(8)33)35-28(41)23-14-21(17(2)3)16-38(23)30(43)27(32(9,10)11)37-31(44)36-24(18(4)5)25(39)19(6)7/h17-19,21-24,27H,8,12-16H2,1-7,9-11H3,(H,34,42)(H,35,41)(H2,36,37,44)/t21-,22?,23+,24+,27-/m1/s1. The number of ketones is 2. The fourth-order valence-corrected chi connectivity index (χ4v) is 5.14. The monoisotopic (exact) mass is 623 g/mol. The maximum absolute atomic E-state index is 14.1. The van der Waals surface area contributed by atoms with Crippen molar-refractivity contribution in [1.29, 1.82) is 0 Å². The molecule has 11 nitrogen and oxygen atoms in total. The van der Waals surface area contributed by atoms with E-state index in [1.807, 2.05) is 27.7 Å². The molecule has 0 saturated carbocycles. The van der Waals surface area contributed by atoms with Gasteiger partial charge in [-0.25, -0.2) is 9.18 Å². The molecule has 1 aliphatic rings. The lowest BCUT2D eigenvalue weighted by molar-refractivity contribution is -0.143. The minimum absolute atomic E-state index is 0.0303. The van der Waals surface area contributed by atoms with Gasteiger partial charge in [-0.2, -0.15) is 0 Å². The lowest BCUT2D eigenvalue weighted by Gasteiger charge is -2.36. The molecule has 1 rings (SSSR count). The molecule has 250 valence electrons. The van der Waals surface area contributed by atoms with Crippen LogP contribution < -0.4 is 21.3 Å². The minimum atomic E-state index is -1.16. The molecule has 0 aromatic rings. The summed E-state index contributed by atoms with van der Waals surface area (Å²) in [4.78, 5) is 80.3. The van der Waals surface area contributed by atoms with Crippen molar-refractivity contribution in [3.05, 3.63) is 12.4 Å². The van der Waals surface area contributed by atoms with Gasteiger partial charge in [0, 0.05) is 12.5 Å². The van der Waals surface area contributed by atoms with Crippen molar-refractivity contribution in [1.82, 2.24) is 26.2 Å². The third-order valence-electron chi connectivity index (χ3n) is 7.95. The number of nitrogens with one attached hydrogen (secondary N) is 4. The van der Waals surface area contributed by atoms with Crippen LogP contribution in [-0.4, -0.2) is 77.5 Å². The van der Waals surface area contributed by atoms with E-state index in [2.05, 4.69) is 27.8 Å². The van der Waals surface area contributed by atoms with Gasteiger partial charge in [0.05, 0.1) is 18.6 Å². The van der Waals surface area contributed by atoms with Crippen molar-refractivity contribution >= 4 is 35.3 Å². The highest BCUT2D eigenvalue weighted by Crippen LogP contribution is 2.32. The first kappa shape index (κ1) is 38.7. The van der Waals surface area contributed by atoms with E-state index in [0.29, 0.717) is 12.8 Å². The lowest BCUT2D eigenvalue weighted by Crippen LogP contribution is -2.61. The number of hydrogen-bond donors (Lipinski definition) is 4. The predicted octanol–water partition coefficient (Wildman–Crippen LogP) is 3.28. The molecule has 44 heavy (non-hydrogen) atoms. The van der Waals surface area contributed by atoms with Crippen molar-refractivity contribution in [3.63, 3.8) is 0 Å². The molecule has 1 unspecified atom stereocenters. The Morgan fingerprint density at radius 1 is 0.955 bits per heavy atom. The van der Waals surface area contributed by atoms with E-state index < -0.39 is 71.5 Å². The van der Waals surface area contributed by atoms with E-state index >= 15 is 0 Å². The van der Waals surface area contributed by atoms with E-state index in [4.69, 9.17) is 0 Å². The molecule has 0 bridgehead atoms. The van der Waals surface area contributed by atoms with Crippen LogP contribution in [0.15, 0.2) is 12.4 Å². The van der Waals surface area contributed by atoms with E-state index in [-0.39, 0.29) is 42.4 Å². The second-order valence-electron chi connectivity index (χ2n) is 13.9. The quantitative estimate of drug-likeness (QED) is 0.205. The summed E-state index contributed by atoms with van der Waals surface area (Å²) in [6.45, 7) is 21.1. The average molecular weight is 624 g/mol. The highest BCUT2D eigenvalue weighted by atomic mass is 19.1. The molecule has 0 spiro atoms. The second kappa shape index (κ2) is 16.7. The van der Waals surface area contributed by atoms with Crippen LogP contribution in [0.5, 0.6) is 0 Å². The molecule has 1 saturated heterocycles. The van der Waals surface area contributed by atoms with Gasteiger partial charge in [0.1, 0.15) is 17.9 Å². The van der Waals surface area contributed by atoms with Crippen LogP contribution in [0.1, 0.15) is 88.5 Å². The predicted molar refractivity (Wildman–Crippen MR) is 167 cm³/mol. The van der Waals surface area contributed by atoms with Crippen LogP contribution in [0.4, 0.5) is 9.18 Å². The van der Waals surface area contributed by atoms with Crippen molar-refractivity contribution in [3.8, 4) is 0 Å². The molecule has 0 aromatic carbocycles. The molecule has 1 heterocycles. The topological polar surface area (TPSA) is 154 Å². The normalized spacial score (nSPS) is 18.9. The van der Waals surface area contributed by atoms with Gasteiger partial charge in [0.15, 0.2) is 5.78 Å². The number of Topliss-reactive ketones (excluding diaryl/α,β-unsaturated/α-hetero) is 2. The summed E-state index contributed by atoms with van der Waals surface area (Å²) in [5, 5.41) is 10.3. The Morgan fingerprint density at radius 3 is 2.00 bits per heavy atom. The highest BCUT2D eigenvalue weighted by Gasteiger charge is 2.46. The van der Waals surface area contributed by atoms with Crippen LogP contribution in [-0.2, 0) is 24.0 Å². The molecule has 4 N–H and O–H groups in total. The number of rotatable bonds is 15. The summed E-state index contributed by atoms with van der Waals surface area (Å²) < 4.78 is 13.0. The Bertz CT molecular complexity index is 1080. The molecule has 1 aliphatic heterocycles. The van der Waals surface area contributed by atoms with Gasteiger partial charge in [-0.1, -0.05) is 82.2 Å². The summed E-state index contributed by atoms with van der Waals surface area (Å²) in [6, 6.07) is -4.56. The zero-order valence-corrected chi connectivity index (χ0v) is 28.1. The van der Waals surface area contributed by atoms with Crippen LogP contribution >= 0.6 is 0 Å². The molecule has 0 aliphatic carbocycles. The Hall–Kier alpha value is -3.31. The number of hydrogen-bond acceptors (Lipinski definition) is 6.